The highest BCUT2D eigenvalue weighted by atomic mass is 14.6. The Morgan fingerprint density at radius 3 is 2.36 bits per heavy atom. The van der Waals surface area contributed by atoms with E-state index in [4.69, 9.17) is 0 Å². The summed E-state index contributed by atoms with van der Waals surface area (Å²) in [5.74, 6) is 0.928. The van der Waals surface area contributed by atoms with Gasteiger partial charge in [-0.15, -0.1) is 0 Å². The van der Waals surface area contributed by atoms with Crippen LogP contribution in [0, 0.1) is 5.92 Å². The molecule has 0 aromatic carbocycles. The molecule has 0 unspecified atom stereocenters. The van der Waals surface area contributed by atoms with Crippen LogP contribution in [-0.4, -0.2) is 4.98 Å². The van der Waals surface area contributed by atoms with E-state index in [0.717, 1.165) is 5.92 Å². The highest BCUT2D eigenvalue weighted by Gasteiger charge is 2.02. The molecule has 78 valence electrons. The standard InChI is InChI=1S/C13H21N/c1-3-12(4-2)6-5-7-13-8-10-14-11-9-13/h8-12H,3-7H2,1-2H3. The van der Waals surface area contributed by atoms with Crippen LogP contribution < -0.4 is 0 Å². The molecule has 0 aliphatic heterocycles. The van der Waals surface area contributed by atoms with Crippen LogP contribution in [0.4, 0.5) is 0 Å². The zero-order chi connectivity index (χ0) is 10.2. The molecular weight excluding hydrogens is 170 g/mol. The molecule has 1 aromatic heterocycles. The van der Waals surface area contributed by atoms with Crippen LogP contribution in [0.2, 0.25) is 0 Å². The molecule has 14 heavy (non-hydrogen) atoms. The normalized spacial score (nSPS) is 10.8. The monoisotopic (exact) mass is 191 g/mol. The maximum absolute atomic E-state index is 4.02. The van der Waals surface area contributed by atoms with Crippen molar-refractivity contribution in [3.8, 4) is 0 Å². The van der Waals surface area contributed by atoms with Crippen molar-refractivity contribution in [2.45, 2.75) is 46.0 Å². The van der Waals surface area contributed by atoms with Gasteiger partial charge in [-0.2, -0.15) is 0 Å². The van der Waals surface area contributed by atoms with Gasteiger partial charge in [-0.25, -0.2) is 0 Å². The fourth-order valence-electron chi connectivity index (χ4n) is 1.84. The largest absolute Gasteiger partial charge is 0.265 e. The molecule has 0 saturated carbocycles. The molecule has 1 nitrogen and oxygen atoms in total. The van der Waals surface area contributed by atoms with Gasteiger partial charge in [-0.1, -0.05) is 33.1 Å². The van der Waals surface area contributed by atoms with Gasteiger partial charge in [0.15, 0.2) is 0 Å². The molecule has 0 N–H and O–H groups in total. The van der Waals surface area contributed by atoms with Crippen molar-refractivity contribution in [1.82, 2.24) is 4.98 Å². The lowest BCUT2D eigenvalue weighted by Gasteiger charge is -2.11. The molecule has 0 saturated heterocycles. The van der Waals surface area contributed by atoms with Crippen molar-refractivity contribution in [2.75, 3.05) is 0 Å². The van der Waals surface area contributed by atoms with Crippen molar-refractivity contribution in [3.05, 3.63) is 30.1 Å². The Labute approximate surface area is 87.6 Å². The van der Waals surface area contributed by atoms with Crippen LogP contribution in [0.3, 0.4) is 0 Å². The number of aryl methyl sites for hydroxylation is 1. The topological polar surface area (TPSA) is 12.9 Å². The quantitative estimate of drug-likeness (QED) is 0.665. The van der Waals surface area contributed by atoms with Gasteiger partial charge in [0, 0.05) is 12.4 Å². The summed E-state index contributed by atoms with van der Waals surface area (Å²) in [5.41, 5.74) is 1.42. The molecule has 0 fully saturated rings. The number of nitrogens with zero attached hydrogens (tertiary/aromatic N) is 1. The van der Waals surface area contributed by atoms with Gasteiger partial charge in [-0.3, -0.25) is 4.98 Å². The molecule has 0 spiro atoms. The van der Waals surface area contributed by atoms with Crippen molar-refractivity contribution in [3.63, 3.8) is 0 Å². The second-order valence-corrected chi connectivity index (χ2v) is 3.93. The van der Waals surface area contributed by atoms with E-state index in [9.17, 15) is 0 Å². The molecule has 1 heterocycles. The zero-order valence-corrected chi connectivity index (χ0v) is 9.37. The van der Waals surface area contributed by atoms with Gasteiger partial charge in [0.1, 0.15) is 0 Å². The van der Waals surface area contributed by atoms with Crippen LogP contribution in [0.1, 0.15) is 45.1 Å². The fraction of sp³-hybridized carbons (Fsp3) is 0.615. The number of hydrogen-bond acceptors (Lipinski definition) is 1. The van der Waals surface area contributed by atoms with Gasteiger partial charge in [0.25, 0.3) is 0 Å². The summed E-state index contributed by atoms with van der Waals surface area (Å²) in [6.45, 7) is 4.58. The lowest BCUT2D eigenvalue weighted by Crippen LogP contribution is -1.97. The Morgan fingerprint density at radius 1 is 1.14 bits per heavy atom. The lowest BCUT2D eigenvalue weighted by molar-refractivity contribution is 0.441. The van der Waals surface area contributed by atoms with E-state index in [1.54, 1.807) is 0 Å². The summed E-state index contributed by atoms with van der Waals surface area (Å²) in [7, 11) is 0. The maximum Gasteiger partial charge on any atom is 0.0270 e. The summed E-state index contributed by atoms with van der Waals surface area (Å²) in [6, 6.07) is 4.24. The Morgan fingerprint density at radius 2 is 1.79 bits per heavy atom. The Bertz CT molecular complexity index is 226. The number of hydrogen-bond donors (Lipinski definition) is 0. The summed E-state index contributed by atoms with van der Waals surface area (Å²) in [6.07, 6.45) is 10.3. The molecule has 1 heteroatoms. The maximum atomic E-state index is 4.02. The molecule has 0 atom stereocenters. The molecule has 0 aliphatic carbocycles. The first-order valence-electron chi connectivity index (χ1n) is 5.75. The summed E-state index contributed by atoms with van der Waals surface area (Å²) >= 11 is 0. The van der Waals surface area contributed by atoms with E-state index in [1.807, 2.05) is 12.4 Å². The number of pyridine rings is 1. The second-order valence-electron chi connectivity index (χ2n) is 3.93. The zero-order valence-electron chi connectivity index (χ0n) is 9.37. The fourth-order valence-corrected chi connectivity index (χ4v) is 1.84. The van der Waals surface area contributed by atoms with Crippen LogP contribution in [0.5, 0.6) is 0 Å². The van der Waals surface area contributed by atoms with Crippen molar-refractivity contribution < 1.29 is 0 Å². The van der Waals surface area contributed by atoms with Gasteiger partial charge >= 0.3 is 0 Å². The van der Waals surface area contributed by atoms with Gasteiger partial charge < -0.3 is 0 Å². The van der Waals surface area contributed by atoms with Gasteiger partial charge in [0.2, 0.25) is 0 Å². The minimum Gasteiger partial charge on any atom is -0.265 e. The SMILES string of the molecule is CCC(CC)CCCc1ccncc1. The average Bonchev–Trinajstić information content (AvgIpc) is 2.26. The van der Waals surface area contributed by atoms with Crippen LogP contribution in [-0.2, 0) is 6.42 Å². The highest BCUT2D eigenvalue weighted by Crippen LogP contribution is 2.16. The van der Waals surface area contributed by atoms with Crippen molar-refractivity contribution in [2.24, 2.45) is 5.92 Å². The molecule has 0 aliphatic rings. The van der Waals surface area contributed by atoms with E-state index in [0.29, 0.717) is 0 Å². The van der Waals surface area contributed by atoms with Crippen molar-refractivity contribution >= 4 is 0 Å². The smallest absolute Gasteiger partial charge is 0.0270 e. The molecule has 0 radical (unpaired) electrons. The second kappa shape index (κ2) is 6.58. The van der Waals surface area contributed by atoms with Gasteiger partial charge in [-0.05, 0) is 36.5 Å². The third kappa shape index (κ3) is 3.91. The first-order chi connectivity index (χ1) is 6.86. The minimum absolute atomic E-state index is 0.928. The summed E-state index contributed by atoms with van der Waals surface area (Å²) in [4.78, 5) is 4.02. The van der Waals surface area contributed by atoms with Gasteiger partial charge in [0.05, 0.1) is 0 Å². The molecule has 1 aromatic rings. The van der Waals surface area contributed by atoms with Crippen LogP contribution in [0.15, 0.2) is 24.5 Å². The Kier molecular flexibility index (Phi) is 5.28. The number of aromatic nitrogens is 1. The molecule has 1 rings (SSSR count). The number of rotatable bonds is 6. The Hall–Kier alpha value is -0.850. The van der Waals surface area contributed by atoms with Crippen molar-refractivity contribution in [1.29, 1.82) is 0 Å². The molecule has 0 amide bonds. The van der Waals surface area contributed by atoms with Crippen LogP contribution >= 0.6 is 0 Å². The molecule has 0 bridgehead atoms. The third-order valence-corrected chi connectivity index (χ3v) is 2.98. The average molecular weight is 191 g/mol. The predicted molar refractivity (Wildman–Crippen MR) is 61.2 cm³/mol. The first kappa shape index (κ1) is 11.2. The first-order valence-corrected chi connectivity index (χ1v) is 5.75. The van der Waals surface area contributed by atoms with E-state index in [2.05, 4.69) is 31.0 Å². The summed E-state index contributed by atoms with van der Waals surface area (Å²) < 4.78 is 0. The summed E-state index contributed by atoms with van der Waals surface area (Å²) in [5, 5.41) is 0. The Balaban J connectivity index is 2.21. The predicted octanol–water partition coefficient (Wildman–Crippen LogP) is 3.84. The van der Waals surface area contributed by atoms with Crippen LogP contribution in [0.25, 0.3) is 0 Å². The minimum atomic E-state index is 0.928. The van der Waals surface area contributed by atoms with E-state index in [-0.39, 0.29) is 0 Å². The highest BCUT2D eigenvalue weighted by molar-refractivity contribution is 5.09. The third-order valence-electron chi connectivity index (χ3n) is 2.98. The lowest BCUT2D eigenvalue weighted by atomic mass is 9.95. The molecular formula is C13H21N. The van der Waals surface area contributed by atoms with E-state index in [1.165, 1.54) is 37.7 Å². The van der Waals surface area contributed by atoms with E-state index >= 15 is 0 Å². The van der Waals surface area contributed by atoms with E-state index < -0.39 is 0 Å².